The van der Waals surface area contributed by atoms with E-state index >= 15 is 0 Å². The molecule has 0 fully saturated rings. The van der Waals surface area contributed by atoms with Crippen molar-refractivity contribution in [3.8, 4) is 5.75 Å². The molecule has 5 nitrogen and oxygen atoms in total. The Labute approximate surface area is 110 Å². The number of anilines is 1. The van der Waals surface area contributed by atoms with Crippen LogP contribution in [0.15, 0.2) is 30.4 Å². The first-order valence-corrected chi connectivity index (χ1v) is 6.09. The minimum Gasteiger partial charge on any atom is -0.507 e. The lowest BCUT2D eigenvalue weighted by Crippen LogP contribution is -2.14. The van der Waals surface area contributed by atoms with E-state index in [1.54, 1.807) is 0 Å². The molecule has 5 heteroatoms. The van der Waals surface area contributed by atoms with Crippen LogP contribution >= 0.6 is 0 Å². The van der Waals surface area contributed by atoms with E-state index in [4.69, 9.17) is 5.11 Å². The Morgan fingerprint density at radius 2 is 2.16 bits per heavy atom. The number of hydrogen-bond acceptors (Lipinski definition) is 3. The SMILES string of the molecule is O=C(C[C@H]1C=CCC1)Nc1ccc(C(=O)O)c(O)c1. The number of carboxylic acids is 1. The van der Waals surface area contributed by atoms with Crippen LogP contribution in [-0.4, -0.2) is 22.1 Å². The molecule has 1 atom stereocenters. The minimum atomic E-state index is -1.20. The highest BCUT2D eigenvalue weighted by Gasteiger charge is 2.15. The number of carboxylic acid groups (broad SMARTS) is 1. The topological polar surface area (TPSA) is 86.6 Å². The monoisotopic (exact) mass is 261 g/mol. The molecule has 100 valence electrons. The highest BCUT2D eigenvalue weighted by molar-refractivity contribution is 5.94. The quantitative estimate of drug-likeness (QED) is 0.726. The minimum absolute atomic E-state index is 0.140. The zero-order valence-corrected chi connectivity index (χ0v) is 10.3. The molecule has 3 N–H and O–H groups in total. The van der Waals surface area contributed by atoms with Crippen LogP contribution in [0.2, 0.25) is 0 Å². The van der Waals surface area contributed by atoms with Crippen LogP contribution in [0.4, 0.5) is 5.69 Å². The van der Waals surface area contributed by atoms with Gasteiger partial charge in [0.15, 0.2) is 0 Å². The summed E-state index contributed by atoms with van der Waals surface area (Å²) in [5, 5.41) is 20.9. The summed E-state index contributed by atoms with van der Waals surface area (Å²) in [6, 6.07) is 3.97. The number of phenols is 1. The lowest BCUT2D eigenvalue weighted by Gasteiger charge is -2.09. The first-order chi connectivity index (χ1) is 9.06. The van der Waals surface area contributed by atoms with Crippen LogP contribution in [0.1, 0.15) is 29.6 Å². The maximum absolute atomic E-state index is 11.8. The molecule has 0 spiro atoms. The Balaban J connectivity index is 1.98. The third-order valence-corrected chi connectivity index (χ3v) is 3.07. The molecule has 0 heterocycles. The second-order valence-corrected chi connectivity index (χ2v) is 4.55. The molecule has 1 aromatic rings. The van der Waals surface area contributed by atoms with Crippen molar-refractivity contribution in [1.29, 1.82) is 0 Å². The van der Waals surface area contributed by atoms with Gasteiger partial charge in [-0.3, -0.25) is 4.79 Å². The van der Waals surface area contributed by atoms with Crippen LogP contribution in [0.3, 0.4) is 0 Å². The van der Waals surface area contributed by atoms with E-state index in [1.165, 1.54) is 18.2 Å². The van der Waals surface area contributed by atoms with Crippen LogP contribution in [0.25, 0.3) is 0 Å². The summed E-state index contributed by atoms with van der Waals surface area (Å²) in [6.07, 6.45) is 6.48. The van der Waals surface area contributed by atoms with Gasteiger partial charge in [0.25, 0.3) is 0 Å². The van der Waals surface area contributed by atoms with Crippen molar-refractivity contribution in [3.05, 3.63) is 35.9 Å². The fourth-order valence-corrected chi connectivity index (χ4v) is 2.11. The number of aromatic carboxylic acids is 1. The van der Waals surface area contributed by atoms with Crippen molar-refractivity contribution < 1.29 is 19.8 Å². The molecule has 0 aromatic heterocycles. The first kappa shape index (κ1) is 13.1. The van der Waals surface area contributed by atoms with Gasteiger partial charge in [-0.05, 0) is 30.9 Å². The lowest BCUT2D eigenvalue weighted by molar-refractivity contribution is -0.116. The number of hydrogen-bond donors (Lipinski definition) is 3. The van der Waals surface area contributed by atoms with Crippen molar-refractivity contribution in [1.82, 2.24) is 0 Å². The zero-order chi connectivity index (χ0) is 13.8. The highest BCUT2D eigenvalue weighted by atomic mass is 16.4. The van der Waals surface area contributed by atoms with E-state index < -0.39 is 5.97 Å². The molecule has 1 aliphatic rings. The van der Waals surface area contributed by atoms with Gasteiger partial charge in [-0.2, -0.15) is 0 Å². The second-order valence-electron chi connectivity index (χ2n) is 4.55. The van der Waals surface area contributed by atoms with Crippen molar-refractivity contribution in [2.45, 2.75) is 19.3 Å². The Bertz CT molecular complexity index is 536. The van der Waals surface area contributed by atoms with Gasteiger partial charge in [-0.15, -0.1) is 0 Å². The van der Waals surface area contributed by atoms with Gasteiger partial charge in [0.1, 0.15) is 11.3 Å². The van der Waals surface area contributed by atoms with E-state index in [1.807, 2.05) is 6.08 Å². The molecule has 0 radical (unpaired) electrons. The van der Waals surface area contributed by atoms with Gasteiger partial charge in [0.2, 0.25) is 5.91 Å². The van der Waals surface area contributed by atoms with E-state index in [2.05, 4.69) is 11.4 Å². The lowest BCUT2D eigenvalue weighted by atomic mass is 10.0. The van der Waals surface area contributed by atoms with Gasteiger partial charge in [-0.1, -0.05) is 12.2 Å². The molecule has 2 rings (SSSR count). The third kappa shape index (κ3) is 3.34. The molecule has 0 saturated carbocycles. The first-order valence-electron chi connectivity index (χ1n) is 6.09. The maximum atomic E-state index is 11.8. The van der Waals surface area contributed by atoms with E-state index in [0.717, 1.165) is 12.8 Å². The van der Waals surface area contributed by atoms with E-state index in [0.29, 0.717) is 12.1 Å². The van der Waals surface area contributed by atoms with Crippen LogP contribution < -0.4 is 5.32 Å². The van der Waals surface area contributed by atoms with Crippen LogP contribution in [0.5, 0.6) is 5.75 Å². The Morgan fingerprint density at radius 1 is 1.37 bits per heavy atom. The van der Waals surface area contributed by atoms with Gasteiger partial charge in [-0.25, -0.2) is 4.79 Å². The van der Waals surface area contributed by atoms with E-state index in [-0.39, 0.29) is 23.1 Å². The van der Waals surface area contributed by atoms with Crippen LogP contribution in [0, 0.1) is 5.92 Å². The number of allylic oxidation sites excluding steroid dienone is 2. The molecule has 0 aliphatic heterocycles. The Kier molecular flexibility index (Phi) is 3.85. The van der Waals surface area contributed by atoms with Crippen molar-refractivity contribution in [2.75, 3.05) is 5.32 Å². The van der Waals surface area contributed by atoms with Crippen molar-refractivity contribution in [3.63, 3.8) is 0 Å². The average molecular weight is 261 g/mol. The average Bonchev–Trinajstić information content (AvgIpc) is 2.81. The Morgan fingerprint density at radius 3 is 2.74 bits per heavy atom. The molecule has 0 unspecified atom stereocenters. The van der Waals surface area contributed by atoms with Crippen molar-refractivity contribution in [2.24, 2.45) is 5.92 Å². The van der Waals surface area contributed by atoms with Gasteiger partial charge in [0.05, 0.1) is 0 Å². The van der Waals surface area contributed by atoms with Gasteiger partial charge >= 0.3 is 5.97 Å². The normalized spacial score (nSPS) is 17.4. The van der Waals surface area contributed by atoms with Crippen molar-refractivity contribution >= 4 is 17.6 Å². The number of nitrogens with one attached hydrogen (secondary N) is 1. The molecular formula is C14H15NO4. The third-order valence-electron chi connectivity index (χ3n) is 3.07. The van der Waals surface area contributed by atoms with Gasteiger partial charge < -0.3 is 15.5 Å². The predicted molar refractivity (Wildman–Crippen MR) is 70.2 cm³/mol. The highest BCUT2D eigenvalue weighted by Crippen LogP contribution is 2.24. The number of carbonyl (C=O) groups excluding carboxylic acids is 1. The molecule has 19 heavy (non-hydrogen) atoms. The predicted octanol–water partition coefficient (Wildman–Crippen LogP) is 2.39. The number of amides is 1. The fourth-order valence-electron chi connectivity index (χ4n) is 2.11. The summed E-state index contributed by atoms with van der Waals surface area (Å²) in [7, 11) is 0. The number of benzene rings is 1. The summed E-state index contributed by atoms with van der Waals surface area (Å²) < 4.78 is 0. The molecule has 1 aliphatic carbocycles. The second kappa shape index (κ2) is 5.56. The summed E-state index contributed by atoms with van der Waals surface area (Å²) >= 11 is 0. The van der Waals surface area contributed by atoms with E-state index in [9.17, 15) is 14.7 Å². The fraction of sp³-hybridized carbons (Fsp3) is 0.286. The zero-order valence-electron chi connectivity index (χ0n) is 10.3. The standard InChI is InChI=1S/C14H15NO4/c16-12-8-10(5-6-11(12)14(18)19)15-13(17)7-9-3-1-2-4-9/h1,3,5-6,8-9,16H,2,4,7H2,(H,15,17)(H,18,19)/t9-/m0/s1. The molecular weight excluding hydrogens is 246 g/mol. The molecule has 1 amide bonds. The molecule has 0 saturated heterocycles. The number of carbonyl (C=O) groups is 2. The van der Waals surface area contributed by atoms with Gasteiger partial charge in [0, 0.05) is 18.2 Å². The van der Waals surface area contributed by atoms with Crippen LogP contribution in [-0.2, 0) is 4.79 Å². The summed E-state index contributed by atoms with van der Waals surface area (Å²) in [5.41, 5.74) is 0.214. The summed E-state index contributed by atoms with van der Waals surface area (Å²) in [5.74, 6) is -1.43. The Hall–Kier alpha value is -2.30. The number of rotatable bonds is 4. The molecule has 0 bridgehead atoms. The number of aromatic hydroxyl groups is 1. The smallest absolute Gasteiger partial charge is 0.339 e. The summed E-state index contributed by atoms with van der Waals surface area (Å²) in [6.45, 7) is 0. The maximum Gasteiger partial charge on any atom is 0.339 e. The largest absolute Gasteiger partial charge is 0.507 e. The summed E-state index contributed by atoms with van der Waals surface area (Å²) in [4.78, 5) is 22.5. The molecule has 1 aromatic carbocycles.